The van der Waals surface area contributed by atoms with Crippen molar-refractivity contribution < 1.29 is 38.4 Å². The average molecular weight is 506 g/mol. The Morgan fingerprint density at radius 2 is 1.16 bits per heavy atom. The summed E-state index contributed by atoms with van der Waals surface area (Å²) in [6.07, 6.45) is 1.09. The van der Waals surface area contributed by atoms with E-state index in [0.29, 0.717) is 18.6 Å². The topological polar surface area (TPSA) is 111 Å². The van der Waals surface area contributed by atoms with Crippen molar-refractivity contribution in [3.63, 3.8) is 0 Å². The predicted octanol–water partition coefficient (Wildman–Crippen LogP) is 3.85. The van der Waals surface area contributed by atoms with Gasteiger partial charge in [-0.05, 0) is 36.1 Å². The number of esters is 2. The number of rotatable bonds is 15. The van der Waals surface area contributed by atoms with Gasteiger partial charge in [0.15, 0.2) is 0 Å². The van der Waals surface area contributed by atoms with E-state index in [-0.39, 0.29) is 62.5 Å². The van der Waals surface area contributed by atoms with Crippen molar-refractivity contribution in [2.24, 2.45) is 0 Å². The molecule has 0 aromatic heterocycles. The summed E-state index contributed by atoms with van der Waals surface area (Å²) in [7, 11) is 0. The van der Waals surface area contributed by atoms with Crippen LogP contribution in [0.3, 0.4) is 0 Å². The van der Waals surface area contributed by atoms with Gasteiger partial charge in [0.1, 0.15) is 24.7 Å². The summed E-state index contributed by atoms with van der Waals surface area (Å²) >= 11 is 0. The van der Waals surface area contributed by atoms with E-state index in [9.17, 15) is 19.5 Å². The van der Waals surface area contributed by atoms with Gasteiger partial charge in [-0.1, -0.05) is 60.7 Å². The first kappa shape index (κ1) is 27.3. The van der Waals surface area contributed by atoms with Gasteiger partial charge in [-0.15, -0.1) is 0 Å². The van der Waals surface area contributed by atoms with E-state index >= 15 is 0 Å². The van der Waals surface area contributed by atoms with E-state index in [1.807, 2.05) is 60.7 Å². The molecule has 0 N–H and O–H groups in total. The summed E-state index contributed by atoms with van der Waals surface area (Å²) in [5.74, 6) is -1.61. The minimum atomic E-state index is -1.38. The van der Waals surface area contributed by atoms with Gasteiger partial charge in [0.2, 0.25) is 0 Å². The third kappa shape index (κ3) is 10.0. The fraction of sp³-hybridized carbons (Fsp3) is 0.276. The standard InChI is InChI=1S/C29H30O8/c30-27(36-20-22-9-3-1-4-10-22)13-7-17-34-24-15-16-25(29(32)33)26(19-24)35-18-8-14-28(31)37-21-23-11-5-2-6-12-23/h1-6,9-12,15-16,19H,7-8,13-14,17-18,20-21H2,(H,32,33)/p-1. The molecule has 0 aliphatic carbocycles. The van der Waals surface area contributed by atoms with E-state index < -0.39 is 5.97 Å². The SMILES string of the molecule is O=C(CCCOc1ccc(C(=O)[O-])c(OCCCC(=O)OCc2ccccc2)c1)OCc1ccccc1. The number of aromatic carboxylic acids is 1. The van der Waals surface area contributed by atoms with E-state index in [1.54, 1.807) is 0 Å². The van der Waals surface area contributed by atoms with Crippen molar-refractivity contribution in [1.29, 1.82) is 0 Å². The molecular formula is C29H29O8-. The Bertz CT molecular complexity index is 1150. The summed E-state index contributed by atoms with van der Waals surface area (Å²) < 4.78 is 21.7. The molecule has 0 saturated heterocycles. The van der Waals surface area contributed by atoms with Gasteiger partial charge in [0.05, 0.1) is 19.2 Å². The van der Waals surface area contributed by atoms with Crippen LogP contribution in [0.5, 0.6) is 11.5 Å². The van der Waals surface area contributed by atoms with Crippen molar-refractivity contribution >= 4 is 17.9 Å². The van der Waals surface area contributed by atoms with Crippen LogP contribution in [0, 0.1) is 0 Å². The Balaban J connectivity index is 1.37. The molecule has 0 amide bonds. The molecule has 0 aliphatic heterocycles. The maximum atomic E-state index is 11.9. The molecule has 3 rings (SSSR count). The summed E-state index contributed by atoms with van der Waals surface area (Å²) in [6, 6.07) is 23.0. The number of carboxylic acids is 1. The number of ether oxygens (including phenoxy) is 4. The third-order valence-corrected chi connectivity index (χ3v) is 5.24. The maximum Gasteiger partial charge on any atom is 0.306 e. The molecule has 0 unspecified atom stereocenters. The lowest BCUT2D eigenvalue weighted by atomic mass is 10.2. The molecule has 37 heavy (non-hydrogen) atoms. The lowest BCUT2D eigenvalue weighted by Crippen LogP contribution is -2.23. The Hall–Kier alpha value is -4.33. The minimum absolute atomic E-state index is 0.0809. The number of carbonyl (C=O) groups excluding carboxylic acids is 3. The van der Waals surface area contributed by atoms with Crippen LogP contribution in [0.25, 0.3) is 0 Å². The van der Waals surface area contributed by atoms with Crippen LogP contribution in [0.1, 0.15) is 47.2 Å². The molecule has 0 heterocycles. The average Bonchev–Trinajstić information content (AvgIpc) is 2.92. The quantitative estimate of drug-likeness (QED) is 0.226. The molecule has 0 spiro atoms. The van der Waals surface area contributed by atoms with Gasteiger partial charge >= 0.3 is 11.9 Å². The van der Waals surface area contributed by atoms with Crippen molar-refractivity contribution in [3.05, 3.63) is 95.6 Å². The zero-order valence-corrected chi connectivity index (χ0v) is 20.4. The van der Waals surface area contributed by atoms with Gasteiger partial charge in [0, 0.05) is 24.5 Å². The van der Waals surface area contributed by atoms with Crippen molar-refractivity contribution in [2.75, 3.05) is 13.2 Å². The second-order valence-corrected chi connectivity index (χ2v) is 8.14. The Kier molecular flexibility index (Phi) is 11.0. The molecule has 8 nitrogen and oxygen atoms in total. The van der Waals surface area contributed by atoms with E-state index in [4.69, 9.17) is 18.9 Å². The van der Waals surface area contributed by atoms with Gasteiger partial charge < -0.3 is 28.8 Å². The highest BCUT2D eigenvalue weighted by molar-refractivity contribution is 5.89. The van der Waals surface area contributed by atoms with Crippen molar-refractivity contribution in [3.8, 4) is 11.5 Å². The molecule has 0 fully saturated rings. The second-order valence-electron chi connectivity index (χ2n) is 8.14. The van der Waals surface area contributed by atoms with Crippen LogP contribution in [0.15, 0.2) is 78.9 Å². The molecule has 0 bridgehead atoms. The number of benzene rings is 3. The highest BCUT2D eigenvalue weighted by atomic mass is 16.5. The van der Waals surface area contributed by atoms with E-state index in [1.165, 1.54) is 18.2 Å². The Labute approximate surface area is 215 Å². The van der Waals surface area contributed by atoms with Gasteiger partial charge in [-0.3, -0.25) is 9.59 Å². The maximum absolute atomic E-state index is 11.9. The molecule has 0 aliphatic rings. The fourth-order valence-electron chi connectivity index (χ4n) is 3.31. The van der Waals surface area contributed by atoms with Crippen LogP contribution in [0.4, 0.5) is 0 Å². The predicted molar refractivity (Wildman–Crippen MR) is 133 cm³/mol. The zero-order chi connectivity index (χ0) is 26.3. The van der Waals surface area contributed by atoms with E-state index in [0.717, 1.165) is 11.1 Å². The van der Waals surface area contributed by atoms with Crippen LogP contribution in [-0.2, 0) is 32.3 Å². The molecule has 0 saturated carbocycles. The van der Waals surface area contributed by atoms with E-state index in [2.05, 4.69) is 0 Å². The molecule has 0 radical (unpaired) electrons. The van der Waals surface area contributed by atoms with Crippen LogP contribution >= 0.6 is 0 Å². The number of hydrogen-bond donors (Lipinski definition) is 0. The largest absolute Gasteiger partial charge is 0.545 e. The molecule has 3 aromatic carbocycles. The summed E-state index contributed by atoms with van der Waals surface area (Å²) in [6.45, 7) is 0.755. The van der Waals surface area contributed by atoms with Gasteiger partial charge in [-0.25, -0.2) is 0 Å². The van der Waals surface area contributed by atoms with Gasteiger partial charge in [-0.2, -0.15) is 0 Å². The van der Waals surface area contributed by atoms with Crippen molar-refractivity contribution in [1.82, 2.24) is 0 Å². The summed E-state index contributed by atoms with van der Waals surface area (Å²) in [5, 5.41) is 11.4. The molecule has 3 aromatic rings. The normalized spacial score (nSPS) is 10.4. The van der Waals surface area contributed by atoms with Gasteiger partial charge in [0.25, 0.3) is 0 Å². The van der Waals surface area contributed by atoms with Crippen LogP contribution in [0.2, 0.25) is 0 Å². The first-order chi connectivity index (χ1) is 18.0. The zero-order valence-electron chi connectivity index (χ0n) is 20.4. The molecule has 194 valence electrons. The molecular weight excluding hydrogens is 476 g/mol. The Morgan fingerprint density at radius 3 is 1.68 bits per heavy atom. The third-order valence-electron chi connectivity index (χ3n) is 5.24. The first-order valence-electron chi connectivity index (χ1n) is 12.0. The highest BCUT2D eigenvalue weighted by Gasteiger charge is 2.10. The lowest BCUT2D eigenvalue weighted by molar-refractivity contribution is -0.255. The van der Waals surface area contributed by atoms with Crippen molar-refractivity contribution in [2.45, 2.75) is 38.9 Å². The minimum Gasteiger partial charge on any atom is -0.545 e. The Morgan fingerprint density at radius 1 is 0.649 bits per heavy atom. The highest BCUT2D eigenvalue weighted by Crippen LogP contribution is 2.25. The second kappa shape index (κ2) is 14.9. The first-order valence-corrected chi connectivity index (χ1v) is 12.0. The number of carboxylic acid groups (broad SMARTS) is 1. The molecule has 8 heteroatoms. The number of carbonyl (C=O) groups is 3. The van der Waals surface area contributed by atoms with Crippen LogP contribution < -0.4 is 14.6 Å². The summed E-state index contributed by atoms with van der Waals surface area (Å²) in [5.41, 5.74) is 1.69. The lowest BCUT2D eigenvalue weighted by Gasteiger charge is -2.14. The monoisotopic (exact) mass is 505 g/mol. The smallest absolute Gasteiger partial charge is 0.306 e. The van der Waals surface area contributed by atoms with Crippen LogP contribution in [-0.4, -0.2) is 31.1 Å². The fourth-order valence-corrected chi connectivity index (χ4v) is 3.31. The summed E-state index contributed by atoms with van der Waals surface area (Å²) in [4.78, 5) is 35.3. The molecule has 0 atom stereocenters. The number of hydrogen-bond acceptors (Lipinski definition) is 8.